The minimum absolute atomic E-state index is 0.756. The van der Waals surface area contributed by atoms with E-state index in [-0.39, 0.29) is 0 Å². The third-order valence-corrected chi connectivity index (χ3v) is 4.90. The van der Waals surface area contributed by atoms with Crippen molar-refractivity contribution >= 4 is 29.1 Å². The highest BCUT2D eigenvalue weighted by molar-refractivity contribution is 5.61. The van der Waals surface area contributed by atoms with Crippen molar-refractivity contribution in [1.29, 1.82) is 0 Å². The zero-order chi connectivity index (χ0) is 20.2. The summed E-state index contributed by atoms with van der Waals surface area (Å²) >= 11 is 0. The Morgan fingerprint density at radius 3 is 2.10 bits per heavy atom. The van der Waals surface area contributed by atoms with Crippen molar-refractivity contribution in [3.05, 3.63) is 54.5 Å². The van der Waals surface area contributed by atoms with Crippen molar-refractivity contribution in [2.45, 2.75) is 6.92 Å². The largest absolute Gasteiger partial charge is 0.378 e. The van der Waals surface area contributed by atoms with Crippen molar-refractivity contribution in [2.24, 2.45) is 0 Å². The third-order valence-electron chi connectivity index (χ3n) is 4.90. The molecule has 0 spiro atoms. The van der Waals surface area contributed by atoms with Crippen LogP contribution >= 0.6 is 0 Å². The molecular formula is C21H26N8. The van der Waals surface area contributed by atoms with Gasteiger partial charge < -0.3 is 20.0 Å². The van der Waals surface area contributed by atoms with Crippen LogP contribution in [0.15, 0.2) is 48.8 Å². The first-order valence-electron chi connectivity index (χ1n) is 9.75. The Labute approximate surface area is 171 Å². The van der Waals surface area contributed by atoms with E-state index >= 15 is 0 Å². The number of aryl methyl sites for hydroxylation is 1. The molecule has 29 heavy (non-hydrogen) atoms. The van der Waals surface area contributed by atoms with Gasteiger partial charge in [-0.15, -0.1) is 0 Å². The van der Waals surface area contributed by atoms with Crippen molar-refractivity contribution in [3.63, 3.8) is 0 Å². The van der Waals surface area contributed by atoms with Crippen LogP contribution in [0.2, 0.25) is 0 Å². The van der Waals surface area contributed by atoms with E-state index in [2.05, 4.69) is 59.2 Å². The number of rotatable bonds is 5. The number of benzene rings is 1. The van der Waals surface area contributed by atoms with Crippen LogP contribution in [0.5, 0.6) is 0 Å². The molecule has 3 heterocycles. The van der Waals surface area contributed by atoms with Gasteiger partial charge in [-0.25, -0.2) is 15.0 Å². The first-order valence-corrected chi connectivity index (χ1v) is 9.75. The molecule has 4 rings (SSSR count). The van der Waals surface area contributed by atoms with Gasteiger partial charge in [-0.2, -0.15) is 4.98 Å². The van der Waals surface area contributed by atoms with E-state index in [4.69, 9.17) is 4.98 Å². The quantitative estimate of drug-likeness (QED) is 0.713. The Hall–Kier alpha value is -3.42. The summed E-state index contributed by atoms with van der Waals surface area (Å²) in [6, 6.07) is 12.1. The van der Waals surface area contributed by atoms with Crippen LogP contribution in [0.1, 0.15) is 5.69 Å². The zero-order valence-electron chi connectivity index (χ0n) is 17.1. The van der Waals surface area contributed by atoms with Gasteiger partial charge >= 0.3 is 0 Å². The molecule has 1 aliphatic rings. The maximum Gasteiger partial charge on any atom is 0.227 e. The molecule has 3 aromatic rings. The Kier molecular flexibility index (Phi) is 5.41. The molecule has 1 aliphatic heterocycles. The van der Waals surface area contributed by atoms with Crippen LogP contribution in [-0.2, 0) is 0 Å². The summed E-state index contributed by atoms with van der Waals surface area (Å²) in [7, 11) is 4.07. The van der Waals surface area contributed by atoms with Gasteiger partial charge in [-0.05, 0) is 37.3 Å². The summed E-state index contributed by atoms with van der Waals surface area (Å²) in [5, 5.41) is 3.40. The van der Waals surface area contributed by atoms with E-state index in [0.29, 0.717) is 0 Å². The van der Waals surface area contributed by atoms with Crippen LogP contribution in [0, 0.1) is 6.92 Å². The molecular weight excluding hydrogens is 364 g/mol. The highest BCUT2D eigenvalue weighted by Gasteiger charge is 2.21. The predicted octanol–water partition coefficient (Wildman–Crippen LogP) is 2.71. The molecule has 0 bridgehead atoms. The highest BCUT2D eigenvalue weighted by atomic mass is 15.4. The van der Waals surface area contributed by atoms with Crippen molar-refractivity contribution in [3.8, 4) is 0 Å². The van der Waals surface area contributed by atoms with Gasteiger partial charge in [0.1, 0.15) is 5.82 Å². The van der Waals surface area contributed by atoms with E-state index in [9.17, 15) is 0 Å². The van der Waals surface area contributed by atoms with Gasteiger partial charge in [0, 0.05) is 75.8 Å². The average molecular weight is 390 g/mol. The van der Waals surface area contributed by atoms with E-state index in [1.54, 1.807) is 12.4 Å². The second-order valence-electron chi connectivity index (χ2n) is 7.28. The lowest BCUT2D eigenvalue weighted by Crippen LogP contribution is -2.47. The molecule has 1 saturated heterocycles. The third kappa shape index (κ3) is 4.53. The lowest BCUT2D eigenvalue weighted by molar-refractivity contribution is 0.627. The van der Waals surface area contributed by atoms with Gasteiger partial charge in [0.05, 0.1) is 0 Å². The molecule has 8 heteroatoms. The van der Waals surface area contributed by atoms with E-state index in [0.717, 1.165) is 61.0 Å². The first kappa shape index (κ1) is 18.9. The Morgan fingerprint density at radius 1 is 0.862 bits per heavy atom. The maximum atomic E-state index is 4.75. The Balaban J connectivity index is 1.44. The summed E-state index contributed by atoms with van der Waals surface area (Å²) < 4.78 is 0. The number of hydrogen-bond donors (Lipinski definition) is 1. The predicted molar refractivity (Wildman–Crippen MR) is 117 cm³/mol. The molecule has 0 unspecified atom stereocenters. The normalized spacial score (nSPS) is 14.0. The average Bonchev–Trinajstić information content (AvgIpc) is 2.74. The maximum absolute atomic E-state index is 4.75. The molecule has 1 aromatic carbocycles. The van der Waals surface area contributed by atoms with Gasteiger partial charge in [0.25, 0.3) is 0 Å². The summed E-state index contributed by atoms with van der Waals surface area (Å²) in [4.78, 5) is 24.6. The van der Waals surface area contributed by atoms with E-state index < -0.39 is 0 Å². The molecule has 2 aromatic heterocycles. The second kappa shape index (κ2) is 8.30. The number of piperazine rings is 1. The number of aromatic nitrogens is 4. The summed E-state index contributed by atoms with van der Waals surface area (Å²) in [5.41, 5.74) is 3.11. The van der Waals surface area contributed by atoms with Crippen LogP contribution < -0.4 is 20.0 Å². The van der Waals surface area contributed by atoms with Gasteiger partial charge in [0.15, 0.2) is 0 Å². The van der Waals surface area contributed by atoms with E-state index in [1.807, 2.05) is 33.2 Å². The molecule has 0 amide bonds. The fourth-order valence-electron chi connectivity index (χ4n) is 3.31. The zero-order valence-corrected chi connectivity index (χ0v) is 17.1. The van der Waals surface area contributed by atoms with Crippen molar-refractivity contribution in [1.82, 2.24) is 19.9 Å². The molecule has 0 radical (unpaired) electrons. The molecule has 1 N–H and O–H groups in total. The van der Waals surface area contributed by atoms with Crippen LogP contribution in [0.25, 0.3) is 0 Å². The Morgan fingerprint density at radius 2 is 1.48 bits per heavy atom. The smallest absolute Gasteiger partial charge is 0.227 e. The number of anilines is 5. The minimum atomic E-state index is 0.756. The van der Waals surface area contributed by atoms with Crippen molar-refractivity contribution < 1.29 is 0 Å². The fraction of sp³-hybridized carbons (Fsp3) is 0.333. The van der Waals surface area contributed by atoms with E-state index in [1.165, 1.54) is 0 Å². The van der Waals surface area contributed by atoms with Gasteiger partial charge in [-0.1, -0.05) is 0 Å². The highest BCUT2D eigenvalue weighted by Crippen LogP contribution is 2.22. The second-order valence-corrected chi connectivity index (χ2v) is 7.28. The fourth-order valence-corrected chi connectivity index (χ4v) is 3.31. The van der Waals surface area contributed by atoms with Crippen LogP contribution in [0.4, 0.5) is 29.1 Å². The molecule has 8 nitrogen and oxygen atoms in total. The SMILES string of the molecule is Cc1cc(Nc2ccc(N(C)C)cc2)nc(N2CCN(c3ncccn3)CC2)n1. The monoisotopic (exact) mass is 390 g/mol. The van der Waals surface area contributed by atoms with Gasteiger partial charge in [-0.3, -0.25) is 0 Å². The molecule has 150 valence electrons. The molecule has 0 saturated carbocycles. The standard InChI is InChI=1S/C21H26N8/c1-16-15-19(25-17-5-7-18(8-6-17)27(2)3)26-21(24-16)29-13-11-28(12-14-29)20-22-9-4-10-23-20/h4-10,15H,11-14H2,1-3H3,(H,24,25,26). The van der Waals surface area contributed by atoms with Gasteiger partial charge in [0.2, 0.25) is 11.9 Å². The summed E-state index contributed by atoms with van der Waals surface area (Å²) in [5.74, 6) is 2.34. The first-order chi connectivity index (χ1) is 14.1. The lowest BCUT2D eigenvalue weighted by atomic mass is 10.2. The lowest BCUT2D eigenvalue weighted by Gasteiger charge is -2.34. The molecule has 0 atom stereocenters. The molecule has 0 aliphatic carbocycles. The van der Waals surface area contributed by atoms with Crippen LogP contribution in [0.3, 0.4) is 0 Å². The number of nitrogens with zero attached hydrogens (tertiary/aromatic N) is 7. The minimum Gasteiger partial charge on any atom is -0.378 e. The Bertz CT molecular complexity index is 935. The summed E-state index contributed by atoms with van der Waals surface area (Å²) in [6.45, 7) is 5.35. The topological polar surface area (TPSA) is 73.3 Å². The van der Waals surface area contributed by atoms with Crippen LogP contribution in [-0.4, -0.2) is 60.2 Å². The number of hydrogen-bond acceptors (Lipinski definition) is 8. The number of nitrogens with one attached hydrogen (secondary N) is 1. The summed E-state index contributed by atoms with van der Waals surface area (Å²) in [6.07, 6.45) is 3.56. The van der Waals surface area contributed by atoms with Crippen molar-refractivity contribution in [2.75, 3.05) is 60.3 Å². The molecule has 1 fully saturated rings.